The Morgan fingerprint density at radius 3 is 2.65 bits per heavy atom. The van der Waals surface area contributed by atoms with Gasteiger partial charge >= 0.3 is 6.09 Å². The predicted molar refractivity (Wildman–Crippen MR) is 93.5 cm³/mol. The molecule has 1 aliphatic heterocycles. The standard InChI is InChI=1S/C17H22BrN3O2/c1-17(2,3)23-16(22)20-8-6-13(7-9-20)21-11-19-14-10-12(18)4-5-15(14)21/h4-5,10-11,13H,6-9H2,1-3H3. The molecule has 23 heavy (non-hydrogen) atoms. The molecular weight excluding hydrogens is 358 g/mol. The maximum atomic E-state index is 12.1. The Labute approximate surface area is 144 Å². The molecule has 3 rings (SSSR count). The van der Waals surface area contributed by atoms with Crippen LogP contribution in [0.3, 0.4) is 0 Å². The zero-order valence-electron chi connectivity index (χ0n) is 13.8. The van der Waals surface area contributed by atoms with Crippen molar-refractivity contribution in [2.24, 2.45) is 0 Å². The molecule has 1 amide bonds. The van der Waals surface area contributed by atoms with Crippen molar-refractivity contribution in [2.45, 2.75) is 45.3 Å². The SMILES string of the molecule is CC(C)(C)OC(=O)N1CCC(n2cnc3cc(Br)ccc32)CC1. The van der Waals surface area contributed by atoms with Crippen molar-refractivity contribution in [3.63, 3.8) is 0 Å². The van der Waals surface area contributed by atoms with Gasteiger partial charge in [0.05, 0.1) is 17.4 Å². The first-order valence-electron chi connectivity index (χ1n) is 7.93. The van der Waals surface area contributed by atoms with E-state index in [-0.39, 0.29) is 6.09 Å². The number of rotatable bonds is 1. The van der Waals surface area contributed by atoms with Crippen LogP contribution in [0.1, 0.15) is 39.7 Å². The van der Waals surface area contributed by atoms with E-state index >= 15 is 0 Å². The number of ether oxygens (including phenoxy) is 1. The van der Waals surface area contributed by atoms with E-state index in [2.05, 4.69) is 31.5 Å². The number of piperidine rings is 1. The summed E-state index contributed by atoms with van der Waals surface area (Å²) >= 11 is 3.48. The first-order valence-corrected chi connectivity index (χ1v) is 8.73. The van der Waals surface area contributed by atoms with Gasteiger partial charge in [-0.2, -0.15) is 0 Å². The molecule has 0 spiro atoms. The number of aromatic nitrogens is 2. The summed E-state index contributed by atoms with van der Waals surface area (Å²) in [4.78, 5) is 18.4. The van der Waals surface area contributed by atoms with Crippen molar-refractivity contribution >= 4 is 33.1 Å². The summed E-state index contributed by atoms with van der Waals surface area (Å²) in [6.45, 7) is 7.12. The molecule has 1 fully saturated rings. The third kappa shape index (κ3) is 3.68. The molecule has 0 unspecified atom stereocenters. The highest BCUT2D eigenvalue weighted by atomic mass is 79.9. The summed E-state index contributed by atoms with van der Waals surface area (Å²) in [5, 5.41) is 0. The molecule has 0 N–H and O–H groups in total. The Bertz CT molecular complexity index is 712. The molecule has 2 heterocycles. The van der Waals surface area contributed by atoms with Gasteiger partial charge in [-0.3, -0.25) is 0 Å². The van der Waals surface area contributed by atoms with Crippen LogP contribution in [0.2, 0.25) is 0 Å². The van der Waals surface area contributed by atoms with E-state index < -0.39 is 5.60 Å². The molecule has 0 bridgehead atoms. The molecule has 124 valence electrons. The normalized spacial score (nSPS) is 16.8. The quantitative estimate of drug-likeness (QED) is 0.738. The summed E-state index contributed by atoms with van der Waals surface area (Å²) in [5.41, 5.74) is 1.69. The summed E-state index contributed by atoms with van der Waals surface area (Å²) in [6, 6.07) is 6.53. The van der Waals surface area contributed by atoms with Crippen molar-refractivity contribution in [1.29, 1.82) is 0 Å². The fraction of sp³-hybridized carbons (Fsp3) is 0.529. The van der Waals surface area contributed by atoms with Crippen LogP contribution in [0.15, 0.2) is 29.0 Å². The lowest BCUT2D eigenvalue weighted by molar-refractivity contribution is 0.0189. The second-order valence-electron chi connectivity index (χ2n) is 6.98. The minimum atomic E-state index is -0.443. The molecule has 1 aromatic heterocycles. The van der Waals surface area contributed by atoms with Crippen LogP contribution < -0.4 is 0 Å². The number of imidazole rings is 1. The van der Waals surface area contributed by atoms with E-state index in [4.69, 9.17) is 4.74 Å². The van der Waals surface area contributed by atoms with Gasteiger partial charge in [-0.15, -0.1) is 0 Å². The number of hydrogen-bond acceptors (Lipinski definition) is 3. The maximum Gasteiger partial charge on any atom is 0.410 e. The van der Waals surface area contributed by atoms with Crippen LogP contribution in [0, 0.1) is 0 Å². The van der Waals surface area contributed by atoms with Gasteiger partial charge in [0, 0.05) is 23.6 Å². The Hall–Kier alpha value is -1.56. The van der Waals surface area contributed by atoms with Crippen molar-refractivity contribution in [3.05, 3.63) is 29.0 Å². The van der Waals surface area contributed by atoms with E-state index in [1.54, 1.807) is 4.90 Å². The number of fused-ring (bicyclic) bond motifs is 1. The molecule has 1 saturated heterocycles. The maximum absolute atomic E-state index is 12.1. The fourth-order valence-electron chi connectivity index (χ4n) is 2.95. The molecule has 0 saturated carbocycles. The number of halogens is 1. The van der Waals surface area contributed by atoms with Crippen molar-refractivity contribution in [2.75, 3.05) is 13.1 Å². The Morgan fingerprint density at radius 2 is 2.00 bits per heavy atom. The van der Waals surface area contributed by atoms with Gasteiger partial charge in [0.25, 0.3) is 0 Å². The average Bonchev–Trinajstić information content (AvgIpc) is 2.88. The minimum Gasteiger partial charge on any atom is -0.444 e. The van der Waals surface area contributed by atoms with Gasteiger partial charge in [-0.1, -0.05) is 15.9 Å². The Morgan fingerprint density at radius 1 is 1.30 bits per heavy atom. The number of hydrogen-bond donors (Lipinski definition) is 0. The molecule has 0 radical (unpaired) electrons. The lowest BCUT2D eigenvalue weighted by Gasteiger charge is -2.34. The number of carbonyl (C=O) groups excluding carboxylic acids is 1. The second kappa shape index (κ2) is 6.15. The van der Waals surface area contributed by atoms with E-state index in [0.717, 1.165) is 41.4 Å². The molecule has 2 aromatic rings. The summed E-state index contributed by atoms with van der Waals surface area (Å²) in [6.07, 6.45) is 3.53. The van der Waals surface area contributed by atoms with Gasteiger partial charge in [-0.05, 0) is 51.8 Å². The second-order valence-corrected chi connectivity index (χ2v) is 7.90. The van der Waals surface area contributed by atoms with Gasteiger partial charge in [0.2, 0.25) is 0 Å². The van der Waals surface area contributed by atoms with Gasteiger partial charge in [0.1, 0.15) is 5.60 Å². The third-order valence-electron chi connectivity index (χ3n) is 4.05. The Kier molecular flexibility index (Phi) is 4.36. The highest BCUT2D eigenvalue weighted by Crippen LogP contribution is 2.28. The lowest BCUT2D eigenvalue weighted by atomic mass is 10.0. The fourth-order valence-corrected chi connectivity index (χ4v) is 3.30. The topological polar surface area (TPSA) is 47.4 Å². The van der Waals surface area contributed by atoms with Crippen LogP contribution in [0.5, 0.6) is 0 Å². The molecule has 0 atom stereocenters. The largest absolute Gasteiger partial charge is 0.444 e. The van der Waals surface area contributed by atoms with Crippen LogP contribution in [-0.4, -0.2) is 39.2 Å². The molecule has 1 aliphatic rings. The van der Waals surface area contributed by atoms with Crippen molar-refractivity contribution in [3.8, 4) is 0 Å². The zero-order chi connectivity index (χ0) is 16.6. The van der Waals surface area contributed by atoms with Gasteiger partial charge in [0.15, 0.2) is 0 Å². The summed E-state index contributed by atoms with van der Waals surface area (Å²) in [7, 11) is 0. The lowest BCUT2D eigenvalue weighted by Crippen LogP contribution is -2.42. The third-order valence-corrected chi connectivity index (χ3v) is 4.54. The van der Waals surface area contributed by atoms with Crippen molar-refractivity contribution in [1.82, 2.24) is 14.5 Å². The molecule has 6 heteroatoms. The number of likely N-dealkylation sites (tertiary alicyclic amines) is 1. The van der Waals surface area contributed by atoms with Crippen molar-refractivity contribution < 1.29 is 9.53 Å². The average molecular weight is 380 g/mol. The van der Waals surface area contributed by atoms with Gasteiger partial charge < -0.3 is 14.2 Å². The molecule has 0 aliphatic carbocycles. The number of amides is 1. The van der Waals surface area contributed by atoms with E-state index in [1.165, 1.54) is 0 Å². The summed E-state index contributed by atoms with van der Waals surface area (Å²) < 4.78 is 8.72. The van der Waals surface area contributed by atoms with Crippen LogP contribution in [-0.2, 0) is 4.74 Å². The number of carbonyl (C=O) groups is 1. The summed E-state index contributed by atoms with van der Waals surface area (Å²) in [5.74, 6) is 0. The van der Waals surface area contributed by atoms with E-state index in [0.29, 0.717) is 6.04 Å². The first-order chi connectivity index (χ1) is 10.8. The van der Waals surface area contributed by atoms with Crippen LogP contribution in [0.4, 0.5) is 4.79 Å². The first kappa shape index (κ1) is 16.3. The molecule has 1 aromatic carbocycles. The van der Waals surface area contributed by atoms with Gasteiger partial charge in [-0.25, -0.2) is 9.78 Å². The number of benzene rings is 1. The monoisotopic (exact) mass is 379 g/mol. The van der Waals surface area contributed by atoms with Crippen LogP contribution in [0.25, 0.3) is 11.0 Å². The number of nitrogens with zero attached hydrogens (tertiary/aromatic N) is 3. The smallest absolute Gasteiger partial charge is 0.410 e. The highest BCUT2D eigenvalue weighted by molar-refractivity contribution is 9.10. The predicted octanol–water partition coefficient (Wildman–Crippen LogP) is 4.37. The Balaban J connectivity index is 1.67. The molecule has 5 nitrogen and oxygen atoms in total. The molecular formula is C17H22BrN3O2. The minimum absolute atomic E-state index is 0.213. The highest BCUT2D eigenvalue weighted by Gasteiger charge is 2.27. The van der Waals surface area contributed by atoms with E-state index in [1.807, 2.05) is 39.2 Å². The zero-order valence-corrected chi connectivity index (χ0v) is 15.3. The van der Waals surface area contributed by atoms with Crippen LogP contribution >= 0.6 is 15.9 Å². The van der Waals surface area contributed by atoms with E-state index in [9.17, 15) is 4.79 Å².